The number of nitrogens with zero attached hydrogens (tertiary/aromatic N) is 4. The first-order chi connectivity index (χ1) is 24.2. The van der Waals surface area contributed by atoms with E-state index in [1.807, 2.05) is 35.9 Å². The normalized spacial score (nSPS) is 11.2. The molecule has 6 aromatic carbocycles. The molecule has 226 valence electrons. The van der Waals surface area contributed by atoms with E-state index in [0.717, 1.165) is 44.2 Å². The minimum absolute atomic E-state index is 0.534. The van der Waals surface area contributed by atoms with Crippen LogP contribution in [0.4, 0.5) is 0 Å². The van der Waals surface area contributed by atoms with E-state index in [9.17, 15) is 10.5 Å². The van der Waals surface area contributed by atoms with Crippen molar-refractivity contribution in [1.82, 2.24) is 9.97 Å². The fourth-order valence-electron chi connectivity index (χ4n) is 7.04. The Morgan fingerprint density at radius 2 is 0.898 bits per heavy atom. The molecule has 0 spiro atoms. The summed E-state index contributed by atoms with van der Waals surface area (Å²) in [6.45, 7) is 0. The minimum Gasteiger partial charge on any atom is -0.263 e. The molecular formula is C44H24N4S. The summed E-state index contributed by atoms with van der Waals surface area (Å²) in [4.78, 5) is 8.67. The molecular weight excluding hydrogens is 617 g/mol. The first-order valence-electron chi connectivity index (χ1n) is 15.9. The highest BCUT2D eigenvalue weighted by molar-refractivity contribution is 7.25. The number of rotatable bonds is 4. The van der Waals surface area contributed by atoms with Crippen molar-refractivity contribution in [2.75, 3.05) is 0 Å². The molecule has 0 aliphatic carbocycles. The number of thiophene rings is 1. The fourth-order valence-corrected chi connectivity index (χ4v) is 8.17. The van der Waals surface area contributed by atoms with E-state index in [-0.39, 0.29) is 0 Å². The Balaban J connectivity index is 1.38. The summed E-state index contributed by atoms with van der Waals surface area (Å²) < 4.78 is 2.51. The maximum absolute atomic E-state index is 9.54. The largest absolute Gasteiger partial charge is 0.263 e. The van der Waals surface area contributed by atoms with Gasteiger partial charge in [0.05, 0.1) is 11.1 Å². The van der Waals surface area contributed by atoms with Gasteiger partial charge in [-0.2, -0.15) is 10.5 Å². The number of fused-ring (bicyclic) bond motifs is 5. The molecule has 0 unspecified atom stereocenters. The number of hydrogen-bond acceptors (Lipinski definition) is 5. The number of pyridine rings is 2. The highest BCUT2D eigenvalue weighted by Gasteiger charge is 2.20. The summed E-state index contributed by atoms with van der Waals surface area (Å²) in [5.41, 5.74) is 9.43. The number of benzene rings is 6. The van der Waals surface area contributed by atoms with E-state index in [1.54, 1.807) is 12.4 Å². The van der Waals surface area contributed by atoms with Crippen LogP contribution >= 0.6 is 11.3 Å². The molecule has 0 bridgehead atoms. The Bertz CT molecular complexity index is 2870. The SMILES string of the molecule is N#Cc1cncc(-c2cccc(-c3c4ccccc4c(-c4cccc(-c5cncc(C#N)c5)c4)c4cc5c(cc34)sc3ccccc35)c2)c1. The van der Waals surface area contributed by atoms with Gasteiger partial charge in [-0.15, -0.1) is 11.3 Å². The van der Waals surface area contributed by atoms with Crippen molar-refractivity contribution in [1.29, 1.82) is 10.5 Å². The Labute approximate surface area is 286 Å². The third-order valence-corrected chi connectivity index (χ3v) is 10.4. The molecule has 4 nitrogen and oxygen atoms in total. The van der Waals surface area contributed by atoms with Gasteiger partial charge in [-0.05, 0) is 97.4 Å². The van der Waals surface area contributed by atoms with Gasteiger partial charge in [-0.25, -0.2) is 0 Å². The van der Waals surface area contributed by atoms with E-state index < -0.39 is 0 Å². The molecule has 0 aliphatic heterocycles. The van der Waals surface area contributed by atoms with Crippen LogP contribution in [-0.2, 0) is 0 Å². The van der Waals surface area contributed by atoms with Crippen molar-refractivity contribution in [3.05, 3.63) is 157 Å². The zero-order valence-corrected chi connectivity index (χ0v) is 26.9. The molecule has 9 rings (SSSR count). The summed E-state index contributed by atoms with van der Waals surface area (Å²) >= 11 is 1.82. The van der Waals surface area contributed by atoms with E-state index in [2.05, 4.69) is 131 Å². The van der Waals surface area contributed by atoms with Crippen LogP contribution in [0.25, 0.3) is 86.2 Å². The van der Waals surface area contributed by atoms with Crippen LogP contribution in [0.5, 0.6) is 0 Å². The lowest BCUT2D eigenvalue weighted by molar-refractivity contribution is 1.30. The van der Waals surface area contributed by atoms with Crippen LogP contribution in [0.3, 0.4) is 0 Å². The van der Waals surface area contributed by atoms with Crippen LogP contribution in [0.15, 0.2) is 146 Å². The number of hydrogen-bond donors (Lipinski definition) is 0. The third-order valence-electron chi connectivity index (χ3n) is 9.23. The first-order valence-corrected chi connectivity index (χ1v) is 16.7. The lowest BCUT2D eigenvalue weighted by Crippen LogP contribution is -1.92. The van der Waals surface area contributed by atoms with Crippen molar-refractivity contribution in [3.63, 3.8) is 0 Å². The summed E-state index contributed by atoms with van der Waals surface area (Å²) in [5.74, 6) is 0. The molecule has 0 radical (unpaired) electrons. The van der Waals surface area contributed by atoms with Crippen molar-refractivity contribution < 1.29 is 0 Å². The predicted molar refractivity (Wildman–Crippen MR) is 201 cm³/mol. The zero-order chi connectivity index (χ0) is 32.9. The third kappa shape index (κ3) is 4.81. The van der Waals surface area contributed by atoms with Crippen molar-refractivity contribution in [2.24, 2.45) is 0 Å². The molecule has 9 aromatic rings. The molecule has 0 aliphatic rings. The first kappa shape index (κ1) is 28.6. The average Bonchev–Trinajstić information content (AvgIpc) is 3.53. The Morgan fingerprint density at radius 1 is 0.388 bits per heavy atom. The van der Waals surface area contributed by atoms with Gasteiger partial charge in [0.15, 0.2) is 0 Å². The summed E-state index contributed by atoms with van der Waals surface area (Å²) in [7, 11) is 0. The standard InChI is InChI=1S/C44H24N4S/c45-21-27-15-33(25-47-23-27)29-7-5-9-31(17-29)43-36-12-1-2-13-37(36)44(32-10-6-8-30(18-32)34-16-28(22-46)24-48-26-34)40-20-42-38(19-39(40)43)35-11-3-4-14-41(35)49-42/h1-20,23-26H. The molecule has 0 fully saturated rings. The van der Waals surface area contributed by atoms with Crippen molar-refractivity contribution >= 4 is 53.1 Å². The van der Waals surface area contributed by atoms with E-state index in [0.29, 0.717) is 11.1 Å². The van der Waals surface area contributed by atoms with Gasteiger partial charge >= 0.3 is 0 Å². The molecule has 49 heavy (non-hydrogen) atoms. The van der Waals surface area contributed by atoms with E-state index in [4.69, 9.17) is 0 Å². The van der Waals surface area contributed by atoms with E-state index in [1.165, 1.54) is 42.1 Å². The number of nitriles is 2. The highest BCUT2D eigenvalue weighted by Crippen LogP contribution is 2.47. The summed E-state index contributed by atoms with van der Waals surface area (Å²) in [5, 5.41) is 26.2. The van der Waals surface area contributed by atoms with Gasteiger partial charge in [0.2, 0.25) is 0 Å². The molecule has 0 atom stereocenters. The smallest absolute Gasteiger partial charge is 0.101 e. The maximum Gasteiger partial charge on any atom is 0.101 e. The van der Waals surface area contributed by atoms with Crippen molar-refractivity contribution in [3.8, 4) is 56.6 Å². The molecule has 0 saturated carbocycles. The van der Waals surface area contributed by atoms with Gasteiger partial charge in [0.1, 0.15) is 12.1 Å². The molecule has 0 saturated heterocycles. The van der Waals surface area contributed by atoms with Gasteiger partial charge < -0.3 is 0 Å². The highest BCUT2D eigenvalue weighted by atomic mass is 32.1. The quantitative estimate of drug-likeness (QED) is 0.179. The topological polar surface area (TPSA) is 73.4 Å². The molecule has 5 heteroatoms. The van der Waals surface area contributed by atoms with Crippen LogP contribution < -0.4 is 0 Å². The Morgan fingerprint density at radius 3 is 1.47 bits per heavy atom. The summed E-state index contributed by atoms with van der Waals surface area (Å²) in [6.07, 6.45) is 6.81. The molecule has 3 heterocycles. The molecule has 0 N–H and O–H groups in total. The van der Waals surface area contributed by atoms with Crippen LogP contribution in [0.1, 0.15) is 11.1 Å². The van der Waals surface area contributed by atoms with E-state index >= 15 is 0 Å². The van der Waals surface area contributed by atoms with Gasteiger partial charge in [0.25, 0.3) is 0 Å². The fraction of sp³-hybridized carbons (Fsp3) is 0. The number of aromatic nitrogens is 2. The molecule has 0 amide bonds. The van der Waals surface area contributed by atoms with Gasteiger partial charge in [0, 0.05) is 56.1 Å². The van der Waals surface area contributed by atoms with Gasteiger partial charge in [-0.3, -0.25) is 9.97 Å². The van der Waals surface area contributed by atoms with Crippen LogP contribution in [0, 0.1) is 22.7 Å². The van der Waals surface area contributed by atoms with Crippen LogP contribution in [-0.4, -0.2) is 9.97 Å². The molecule has 3 aromatic heterocycles. The zero-order valence-electron chi connectivity index (χ0n) is 26.1. The second-order valence-corrected chi connectivity index (χ2v) is 13.2. The lowest BCUT2D eigenvalue weighted by Gasteiger charge is -2.19. The van der Waals surface area contributed by atoms with Crippen LogP contribution in [0.2, 0.25) is 0 Å². The lowest BCUT2D eigenvalue weighted by atomic mass is 9.84. The monoisotopic (exact) mass is 640 g/mol. The Kier molecular flexibility index (Phi) is 6.73. The average molecular weight is 641 g/mol. The second kappa shape index (κ2) is 11.5. The second-order valence-electron chi connectivity index (χ2n) is 12.1. The summed E-state index contributed by atoms with van der Waals surface area (Å²) in [6, 6.07) is 47.4. The maximum atomic E-state index is 9.54. The van der Waals surface area contributed by atoms with Crippen molar-refractivity contribution in [2.45, 2.75) is 0 Å². The Hall–Kier alpha value is -6.66. The predicted octanol–water partition coefficient (Wildman–Crippen LogP) is 11.6. The van der Waals surface area contributed by atoms with Gasteiger partial charge in [-0.1, -0.05) is 78.9 Å². The minimum atomic E-state index is 0.534.